The molecule has 92 valence electrons. The molecule has 2 heterocycles. The van der Waals surface area contributed by atoms with Gasteiger partial charge in [-0.15, -0.1) is 0 Å². The predicted octanol–water partition coefficient (Wildman–Crippen LogP) is 1.71. The highest BCUT2D eigenvalue weighted by Crippen LogP contribution is 2.36. The molecule has 0 spiro atoms. The maximum Gasteiger partial charge on any atom is 0.132 e. The molecule has 4 nitrogen and oxygen atoms in total. The summed E-state index contributed by atoms with van der Waals surface area (Å²) in [5.41, 5.74) is 1.18. The maximum atomic E-state index is 9.69. The van der Waals surface area contributed by atoms with Crippen molar-refractivity contribution in [3.05, 3.63) is 18.1 Å². The van der Waals surface area contributed by atoms with E-state index in [0.717, 1.165) is 25.2 Å². The Kier molecular flexibility index (Phi) is 2.97. The third-order valence-corrected chi connectivity index (χ3v) is 3.92. The van der Waals surface area contributed by atoms with Crippen molar-refractivity contribution in [3.63, 3.8) is 0 Å². The standard InChI is InChI=1S/C13H19N3O/c17-11-5-2-6-16(8-11)13-7-12(14-9-15-13)10-3-1-4-10/h7,9-11,17H,1-6,8H2. The lowest BCUT2D eigenvalue weighted by Crippen LogP contribution is -2.38. The zero-order valence-electron chi connectivity index (χ0n) is 10.0. The van der Waals surface area contributed by atoms with Crippen molar-refractivity contribution in [1.82, 2.24) is 9.97 Å². The molecule has 0 bridgehead atoms. The highest BCUT2D eigenvalue weighted by molar-refractivity contribution is 5.40. The Bertz CT molecular complexity index is 392. The van der Waals surface area contributed by atoms with Gasteiger partial charge in [0, 0.05) is 30.8 Å². The zero-order valence-corrected chi connectivity index (χ0v) is 10.0. The van der Waals surface area contributed by atoms with Crippen LogP contribution in [0.1, 0.15) is 43.7 Å². The molecule has 1 aliphatic heterocycles. The second-order valence-electron chi connectivity index (χ2n) is 5.17. The van der Waals surface area contributed by atoms with Crippen LogP contribution in [-0.4, -0.2) is 34.3 Å². The average Bonchev–Trinajstić information content (AvgIpc) is 2.27. The monoisotopic (exact) mass is 233 g/mol. The Balaban J connectivity index is 1.77. The van der Waals surface area contributed by atoms with Crippen LogP contribution in [0.5, 0.6) is 0 Å². The third kappa shape index (κ3) is 2.27. The zero-order chi connectivity index (χ0) is 11.7. The molecule has 1 N–H and O–H groups in total. The molecule has 1 saturated heterocycles. The number of aliphatic hydroxyl groups excluding tert-OH is 1. The van der Waals surface area contributed by atoms with Crippen molar-refractivity contribution < 1.29 is 5.11 Å². The Morgan fingerprint density at radius 3 is 2.76 bits per heavy atom. The summed E-state index contributed by atoms with van der Waals surface area (Å²) in [4.78, 5) is 10.9. The van der Waals surface area contributed by atoms with Crippen LogP contribution >= 0.6 is 0 Å². The van der Waals surface area contributed by atoms with Gasteiger partial charge in [-0.1, -0.05) is 6.42 Å². The van der Waals surface area contributed by atoms with E-state index in [1.165, 1.54) is 25.0 Å². The van der Waals surface area contributed by atoms with E-state index in [2.05, 4.69) is 20.9 Å². The molecule has 1 aromatic rings. The van der Waals surface area contributed by atoms with Crippen LogP contribution in [-0.2, 0) is 0 Å². The lowest BCUT2D eigenvalue weighted by atomic mass is 9.83. The van der Waals surface area contributed by atoms with Crippen molar-refractivity contribution in [3.8, 4) is 0 Å². The van der Waals surface area contributed by atoms with Crippen LogP contribution in [0.4, 0.5) is 5.82 Å². The van der Waals surface area contributed by atoms with E-state index < -0.39 is 0 Å². The van der Waals surface area contributed by atoms with Crippen molar-refractivity contribution in [2.45, 2.75) is 44.1 Å². The number of hydrogen-bond donors (Lipinski definition) is 1. The molecule has 4 heteroatoms. The SMILES string of the molecule is OC1CCCN(c2cc(C3CCC3)ncn2)C1. The van der Waals surface area contributed by atoms with E-state index >= 15 is 0 Å². The summed E-state index contributed by atoms with van der Waals surface area (Å²) in [6.07, 6.45) is 7.28. The smallest absolute Gasteiger partial charge is 0.132 e. The normalized spacial score (nSPS) is 25.7. The second kappa shape index (κ2) is 4.61. The Morgan fingerprint density at radius 1 is 1.18 bits per heavy atom. The Labute approximate surface area is 102 Å². The molecule has 0 amide bonds. The number of aromatic nitrogens is 2. The summed E-state index contributed by atoms with van der Waals surface area (Å²) in [6, 6.07) is 2.11. The van der Waals surface area contributed by atoms with Crippen LogP contribution in [0.2, 0.25) is 0 Å². The van der Waals surface area contributed by atoms with E-state index in [0.29, 0.717) is 12.5 Å². The first kappa shape index (κ1) is 11.0. The summed E-state index contributed by atoms with van der Waals surface area (Å²) in [7, 11) is 0. The molecular weight excluding hydrogens is 214 g/mol. The molecule has 1 atom stereocenters. The van der Waals surface area contributed by atoms with Gasteiger partial charge >= 0.3 is 0 Å². The molecular formula is C13H19N3O. The molecule has 3 rings (SSSR count). The number of anilines is 1. The number of rotatable bonds is 2. The van der Waals surface area contributed by atoms with Crippen LogP contribution in [0.15, 0.2) is 12.4 Å². The number of nitrogens with zero attached hydrogens (tertiary/aromatic N) is 3. The predicted molar refractivity (Wildman–Crippen MR) is 66.1 cm³/mol. The van der Waals surface area contributed by atoms with E-state index in [1.807, 2.05) is 0 Å². The maximum absolute atomic E-state index is 9.69. The van der Waals surface area contributed by atoms with Crippen molar-refractivity contribution >= 4 is 5.82 Å². The largest absolute Gasteiger partial charge is 0.391 e. The van der Waals surface area contributed by atoms with Crippen LogP contribution in [0, 0.1) is 0 Å². The van der Waals surface area contributed by atoms with E-state index in [1.54, 1.807) is 6.33 Å². The molecule has 2 fully saturated rings. The fourth-order valence-electron chi connectivity index (χ4n) is 2.62. The summed E-state index contributed by atoms with van der Waals surface area (Å²) in [5.74, 6) is 1.63. The van der Waals surface area contributed by atoms with Gasteiger partial charge in [0.15, 0.2) is 0 Å². The lowest BCUT2D eigenvalue weighted by molar-refractivity contribution is 0.154. The molecule has 17 heavy (non-hydrogen) atoms. The second-order valence-corrected chi connectivity index (χ2v) is 5.17. The van der Waals surface area contributed by atoms with Crippen molar-refractivity contribution in [2.24, 2.45) is 0 Å². The third-order valence-electron chi connectivity index (χ3n) is 3.92. The van der Waals surface area contributed by atoms with Gasteiger partial charge in [0.2, 0.25) is 0 Å². The minimum absolute atomic E-state index is 0.203. The quantitative estimate of drug-likeness (QED) is 0.844. The molecule has 0 aromatic carbocycles. The van der Waals surface area contributed by atoms with E-state index in [9.17, 15) is 5.11 Å². The van der Waals surface area contributed by atoms with Gasteiger partial charge in [0.25, 0.3) is 0 Å². The first-order chi connectivity index (χ1) is 8.33. The average molecular weight is 233 g/mol. The van der Waals surface area contributed by atoms with Crippen LogP contribution in [0.25, 0.3) is 0 Å². The fraction of sp³-hybridized carbons (Fsp3) is 0.692. The summed E-state index contributed by atoms with van der Waals surface area (Å²) in [5, 5.41) is 9.69. The number of piperidine rings is 1. The van der Waals surface area contributed by atoms with Crippen LogP contribution < -0.4 is 4.90 Å². The Morgan fingerprint density at radius 2 is 2.06 bits per heavy atom. The fourth-order valence-corrected chi connectivity index (χ4v) is 2.62. The molecule has 0 radical (unpaired) electrons. The summed E-state index contributed by atoms with van der Waals surface area (Å²) >= 11 is 0. The summed E-state index contributed by atoms with van der Waals surface area (Å²) in [6.45, 7) is 1.71. The van der Waals surface area contributed by atoms with Crippen LogP contribution in [0.3, 0.4) is 0 Å². The first-order valence-electron chi connectivity index (χ1n) is 6.58. The topological polar surface area (TPSA) is 49.2 Å². The molecule has 1 aromatic heterocycles. The van der Waals surface area contributed by atoms with E-state index in [4.69, 9.17) is 0 Å². The van der Waals surface area contributed by atoms with Gasteiger partial charge in [-0.3, -0.25) is 0 Å². The molecule has 2 aliphatic rings. The number of aliphatic hydroxyl groups is 1. The van der Waals surface area contributed by atoms with Gasteiger partial charge in [-0.2, -0.15) is 0 Å². The highest BCUT2D eigenvalue weighted by atomic mass is 16.3. The van der Waals surface area contributed by atoms with Crippen molar-refractivity contribution in [1.29, 1.82) is 0 Å². The van der Waals surface area contributed by atoms with Gasteiger partial charge in [0.05, 0.1) is 6.10 Å². The lowest BCUT2D eigenvalue weighted by Gasteiger charge is -2.32. The van der Waals surface area contributed by atoms with Crippen molar-refractivity contribution in [2.75, 3.05) is 18.0 Å². The van der Waals surface area contributed by atoms with E-state index in [-0.39, 0.29) is 6.10 Å². The van der Waals surface area contributed by atoms with Gasteiger partial charge in [-0.05, 0) is 25.7 Å². The van der Waals surface area contributed by atoms with Gasteiger partial charge in [-0.25, -0.2) is 9.97 Å². The van der Waals surface area contributed by atoms with Gasteiger partial charge in [0.1, 0.15) is 12.1 Å². The Hall–Kier alpha value is -1.16. The van der Waals surface area contributed by atoms with Gasteiger partial charge < -0.3 is 10.0 Å². The molecule has 1 unspecified atom stereocenters. The first-order valence-corrected chi connectivity index (χ1v) is 6.58. The minimum Gasteiger partial charge on any atom is -0.391 e. The molecule has 1 saturated carbocycles. The molecule has 1 aliphatic carbocycles. The minimum atomic E-state index is -0.203. The number of hydrogen-bond acceptors (Lipinski definition) is 4. The number of β-amino-alcohol motifs (C(OH)–C–C–N with tert-alkyl or cyclic N) is 1. The summed E-state index contributed by atoms with van der Waals surface area (Å²) < 4.78 is 0. The highest BCUT2D eigenvalue weighted by Gasteiger charge is 2.23.